The highest BCUT2D eigenvalue weighted by Crippen LogP contribution is 2.49. The summed E-state index contributed by atoms with van der Waals surface area (Å²) in [5.41, 5.74) is -0.0205. The van der Waals surface area contributed by atoms with Crippen LogP contribution in [-0.2, 0) is 23.3 Å². The number of carbonyl (C=O) groups excluding carboxylic acids is 2. The van der Waals surface area contributed by atoms with Crippen LogP contribution >= 0.6 is 7.37 Å². The van der Waals surface area contributed by atoms with Gasteiger partial charge in [0.25, 0.3) is 0 Å². The molecule has 0 aliphatic heterocycles. The quantitative estimate of drug-likeness (QED) is 0.383. The highest BCUT2D eigenvalue weighted by Gasteiger charge is 2.41. The van der Waals surface area contributed by atoms with E-state index in [1.54, 1.807) is 6.92 Å². The van der Waals surface area contributed by atoms with Crippen molar-refractivity contribution < 1.29 is 28.2 Å². The highest BCUT2D eigenvalue weighted by molar-refractivity contribution is 7.59. The van der Waals surface area contributed by atoms with E-state index in [2.05, 4.69) is 46.3 Å². The minimum Gasteiger partial charge on any atom is -0.524 e. The van der Waals surface area contributed by atoms with Crippen molar-refractivity contribution in [1.29, 1.82) is 0 Å². The normalized spacial score (nSPS) is 15.7. The molecule has 23 heavy (non-hydrogen) atoms. The Bertz CT molecular complexity index is 473. The van der Waals surface area contributed by atoms with Gasteiger partial charge in [-0.05, 0) is 23.3 Å². The van der Waals surface area contributed by atoms with Gasteiger partial charge in [0.05, 0.1) is 6.61 Å². The molecule has 0 rings (SSSR count). The molecule has 0 aliphatic rings. The first-order valence-electron chi connectivity index (χ1n) is 7.87. The number of hydrogen-bond acceptors (Lipinski definition) is 5. The van der Waals surface area contributed by atoms with Crippen LogP contribution in [0.3, 0.4) is 0 Å². The third kappa shape index (κ3) is 7.19. The fourth-order valence-electron chi connectivity index (χ4n) is 1.94. The topological polar surface area (TPSA) is 89.9 Å². The summed E-state index contributed by atoms with van der Waals surface area (Å²) >= 11 is 0. The van der Waals surface area contributed by atoms with E-state index < -0.39 is 41.4 Å². The lowest BCUT2D eigenvalue weighted by molar-refractivity contribution is -0.140. The first-order chi connectivity index (χ1) is 10.2. The van der Waals surface area contributed by atoms with E-state index in [1.165, 1.54) is 0 Å². The SMILES string of the molecule is CCOC(=O)CP(=O)(O)CC(=O)O[SiH2]C(C)(C)C(C)(C)C(C)C. The van der Waals surface area contributed by atoms with E-state index in [0.717, 1.165) is 0 Å². The molecule has 0 saturated heterocycles. The van der Waals surface area contributed by atoms with Gasteiger partial charge >= 0.3 is 11.9 Å². The van der Waals surface area contributed by atoms with E-state index in [-0.39, 0.29) is 17.1 Å². The molecule has 1 unspecified atom stereocenters. The zero-order chi connectivity index (χ0) is 18.5. The molecule has 0 aromatic heterocycles. The molecule has 0 fully saturated rings. The molecule has 0 saturated carbocycles. The third-order valence-electron chi connectivity index (χ3n) is 4.84. The highest BCUT2D eigenvalue weighted by atomic mass is 31.2. The van der Waals surface area contributed by atoms with Gasteiger partial charge in [-0.1, -0.05) is 41.5 Å². The van der Waals surface area contributed by atoms with Crippen molar-refractivity contribution in [2.45, 2.75) is 53.5 Å². The second-order valence-corrected chi connectivity index (χ2v) is 12.1. The van der Waals surface area contributed by atoms with Crippen molar-refractivity contribution >= 4 is 29.1 Å². The Morgan fingerprint density at radius 2 is 1.61 bits per heavy atom. The summed E-state index contributed by atoms with van der Waals surface area (Å²) in [4.78, 5) is 32.9. The van der Waals surface area contributed by atoms with Gasteiger partial charge < -0.3 is 14.1 Å². The van der Waals surface area contributed by atoms with Crippen LogP contribution in [0.1, 0.15) is 48.5 Å². The van der Waals surface area contributed by atoms with Crippen molar-refractivity contribution in [3.63, 3.8) is 0 Å². The van der Waals surface area contributed by atoms with Crippen molar-refractivity contribution in [1.82, 2.24) is 0 Å². The maximum atomic E-state index is 11.9. The summed E-state index contributed by atoms with van der Waals surface area (Å²) in [6.07, 6.45) is -1.30. The second kappa shape index (κ2) is 8.45. The van der Waals surface area contributed by atoms with Crippen LogP contribution in [0, 0.1) is 11.3 Å². The van der Waals surface area contributed by atoms with Crippen LogP contribution in [0.2, 0.25) is 5.04 Å². The van der Waals surface area contributed by atoms with Crippen molar-refractivity contribution in [2.75, 3.05) is 18.9 Å². The van der Waals surface area contributed by atoms with E-state index in [4.69, 9.17) is 4.43 Å². The molecule has 0 spiro atoms. The molecule has 0 heterocycles. The van der Waals surface area contributed by atoms with Crippen molar-refractivity contribution in [3.05, 3.63) is 0 Å². The molecule has 0 amide bonds. The van der Waals surface area contributed by atoms with Crippen LogP contribution in [0.4, 0.5) is 0 Å². The number of carbonyl (C=O) groups is 2. The molecule has 8 heteroatoms. The maximum Gasteiger partial charge on any atom is 0.315 e. The summed E-state index contributed by atoms with van der Waals surface area (Å²) in [5, 5.41) is -0.155. The fourth-order valence-corrected chi connectivity index (χ4v) is 4.62. The number of ether oxygens (including phenoxy) is 1. The van der Waals surface area contributed by atoms with E-state index in [9.17, 15) is 19.0 Å². The van der Waals surface area contributed by atoms with Gasteiger partial charge in [-0.2, -0.15) is 0 Å². The smallest absolute Gasteiger partial charge is 0.315 e. The summed E-state index contributed by atoms with van der Waals surface area (Å²) in [6, 6.07) is 0. The summed E-state index contributed by atoms with van der Waals surface area (Å²) in [6.45, 7) is 14.4. The molecular formula is C15H31O6PSi. The Morgan fingerprint density at radius 3 is 2.04 bits per heavy atom. The van der Waals surface area contributed by atoms with Crippen molar-refractivity contribution in [2.24, 2.45) is 11.3 Å². The first kappa shape index (κ1) is 22.3. The first-order valence-corrected chi connectivity index (χ1v) is 11.2. The molecule has 0 radical (unpaired) electrons. The molecule has 0 bridgehead atoms. The largest absolute Gasteiger partial charge is 0.524 e. The lowest BCUT2D eigenvalue weighted by atomic mass is 9.71. The van der Waals surface area contributed by atoms with E-state index >= 15 is 0 Å². The Kier molecular flexibility index (Phi) is 8.21. The molecule has 1 N–H and O–H groups in total. The number of rotatable bonds is 9. The van der Waals surface area contributed by atoms with Gasteiger partial charge in [0.15, 0.2) is 0 Å². The molecule has 1 atom stereocenters. The predicted molar refractivity (Wildman–Crippen MR) is 93.5 cm³/mol. The molecule has 0 aliphatic carbocycles. The maximum absolute atomic E-state index is 11.9. The van der Waals surface area contributed by atoms with Gasteiger partial charge in [0, 0.05) is 0 Å². The van der Waals surface area contributed by atoms with Gasteiger partial charge in [0.2, 0.25) is 17.1 Å². The lowest BCUT2D eigenvalue weighted by Gasteiger charge is -2.44. The molecule has 0 aromatic rings. The molecule has 6 nitrogen and oxygen atoms in total. The van der Waals surface area contributed by atoms with E-state index in [1.807, 2.05) is 0 Å². The van der Waals surface area contributed by atoms with Gasteiger partial charge in [-0.3, -0.25) is 14.2 Å². The zero-order valence-corrected chi connectivity index (χ0v) is 17.7. The van der Waals surface area contributed by atoms with Crippen LogP contribution < -0.4 is 0 Å². The average molecular weight is 366 g/mol. The monoisotopic (exact) mass is 366 g/mol. The van der Waals surface area contributed by atoms with Gasteiger partial charge in [0.1, 0.15) is 12.3 Å². The standard InChI is InChI=1S/C15H31O6PSi/c1-8-20-12(16)9-22(18,19)10-13(17)21-23-15(6,7)14(4,5)11(2)3/h11H,8-10,23H2,1-7H3,(H,18,19). The number of esters is 1. The minimum absolute atomic E-state index is 0.0205. The Labute approximate surface area is 141 Å². The molecule has 0 aromatic carbocycles. The second-order valence-electron chi connectivity index (χ2n) is 7.39. The molecule has 136 valence electrons. The van der Waals surface area contributed by atoms with Crippen LogP contribution in [0.25, 0.3) is 0 Å². The number of hydrogen-bond donors (Lipinski definition) is 1. The van der Waals surface area contributed by atoms with Crippen LogP contribution in [0.15, 0.2) is 0 Å². The molecular weight excluding hydrogens is 335 g/mol. The summed E-state index contributed by atoms with van der Waals surface area (Å²) in [7, 11) is -5.16. The summed E-state index contributed by atoms with van der Waals surface area (Å²) in [5.74, 6) is -1.07. The van der Waals surface area contributed by atoms with E-state index in [0.29, 0.717) is 5.92 Å². The summed E-state index contributed by atoms with van der Waals surface area (Å²) < 4.78 is 21.9. The zero-order valence-electron chi connectivity index (χ0n) is 15.3. The van der Waals surface area contributed by atoms with Gasteiger partial charge in [-0.25, -0.2) is 0 Å². The average Bonchev–Trinajstić information content (AvgIpc) is 2.34. The predicted octanol–water partition coefficient (Wildman–Crippen LogP) is 2.33. The fraction of sp³-hybridized carbons (Fsp3) is 0.867. The Morgan fingerprint density at radius 1 is 1.13 bits per heavy atom. The van der Waals surface area contributed by atoms with Gasteiger partial charge in [-0.15, -0.1) is 0 Å². The Hall–Kier alpha value is -0.653. The lowest BCUT2D eigenvalue weighted by Crippen LogP contribution is -2.38. The van der Waals surface area contributed by atoms with Crippen LogP contribution in [0.5, 0.6) is 0 Å². The Balaban J connectivity index is 4.62. The van der Waals surface area contributed by atoms with Crippen molar-refractivity contribution in [3.8, 4) is 0 Å². The third-order valence-corrected chi connectivity index (χ3v) is 8.44. The van der Waals surface area contributed by atoms with Crippen LogP contribution in [-0.4, -0.2) is 45.5 Å². The minimum atomic E-state index is -3.90.